The lowest BCUT2D eigenvalue weighted by atomic mass is 9.73. The van der Waals surface area contributed by atoms with Gasteiger partial charge in [0.15, 0.2) is 5.76 Å². The van der Waals surface area contributed by atoms with E-state index in [4.69, 9.17) is 30.3 Å². The van der Waals surface area contributed by atoms with E-state index in [9.17, 15) is 14.4 Å². The summed E-state index contributed by atoms with van der Waals surface area (Å²) >= 11 is 6.25. The Morgan fingerprint density at radius 2 is 1.57 bits per heavy atom. The average molecular weight is 660 g/mol. The van der Waals surface area contributed by atoms with Gasteiger partial charge in [0.1, 0.15) is 28.5 Å². The third-order valence-corrected chi connectivity index (χ3v) is 8.22. The van der Waals surface area contributed by atoms with Crippen LogP contribution in [0.15, 0.2) is 77.3 Å². The van der Waals surface area contributed by atoms with Crippen LogP contribution in [0.4, 0.5) is 15.3 Å². The van der Waals surface area contributed by atoms with Crippen molar-refractivity contribution in [3.05, 3.63) is 94.6 Å². The molecule has 3 aromatic carbocycles. The lowest BCUT2D eigenvalue weighted by Gasteiger charge is -2.48. The molecule has 4 aromatic rings. The normalized spacial score (nSPS) is 14.5. The number of aryl methyl sites for hydroxylation is 1. The first-order chi connectivity index (χ1) is 22.3. The smallest absolute Gasteiger partial charge is 0.412 e. The third kappa shape index (κ3) is 7.28. The second-order valence-electron chi connectivity index (χ2n) is 12.5. The SMILES string of the molecule is CCOC(=O)C1(c2ccc(-c3ccc(-c4onc(C)c4NC(=O)O[C@H](C)c4ccccc4Cl)cc3)cc2)CN(C(=O)OC(C)(C)C)C1. The quantitative estimate of drug-likeness (QED) is 0.148. The van der Waals surface area contributed by atoms with E-state index in [0.29, 0.717) is 33.3 Å². The van der Waals surface area contributed by atoms with Crippen molar-refractivity contribution in [2.75, 3.05) is 25.0 Å². The number of likely N-dealkylation sites (tertiary alicyclic amines) is 1. The third-order valence-electron chi connectivity index (χ3n) is 7.87. The Balaban J connectivity index is 1.29. The number of aromatic nitrogens is 1. The van der Waals surface area contributed by atoms with E-state index in [2.05, 4.69) is 10.5 Å². The number of esters is 1. The maximum absolute atomic E-state index is 13.1. The number of benzene rings is 3. The minimum absolute atomic E-state index is 0.175. The fourth-order valence-electron chi connectivity index (χ4n) is 5.43. The standard InChI is InChI=1S/C36H38ClN3O7/c1-7-44-32(41)36(20-40(21-36)34(43)46-35(4,5)6)27-18-16-25(17-19-27)24-12-14-26(15-13-24)31-30(22(2)39-47-31)38-33(42)45-23(3)28-10-8-9-11-29(28)37/h8-19,23H,7,20-21H2,1-6H3,(H,38,42)/t23-/m1/s1. The summed E-state index contributed by atoms with van der Waals surface area (Å²) in [4.78, 5) is 40.0. The fourth-order valence-corrected chi connectivity index (χ4v) is 5.72. The number of carbonyl (C=O) groups excluding carboxylic acids is 3. The minimum atomic E-state index is -0.963. The number of halogens is 1. The number of nitrogens with one attached hydrogen (secondary N) is 1. The summed E-state index contributed by atoms with van der Waals surface area (Å²) in [6, 6.07) is 22.4. The molecular formula is C36H38ClN3O7. The zero-order valence-electron chi connectivity index (χ0n) is 27.3. The average Bonchev–Trinajstić information content (AvgIpc) is 3.35. The Bertz CT molecular complexity index is 1750. The van der Waals surface area contributed by atoms with E-state index in [0.717, 1.165) is 16.7 Å². The molecule has 0 aliphatic carbocycles. The van der Waals surface area contributed by atoms with Crippen molar-refractivity contribution in [1.82, 2.24) is 10.1 Å². The molecule has 0 unspecified atom stereocenters. The molecular weight excluding hydrogens is 622 g/mol. The Morgan fingerprint density at radius 1 is 0.979 bits per heavy atom. The van der Waals surface area contributed by atoms with Crippen LogP contribution < -0.4 is 5.32 Å². The first-order valence-electron chi connectivity index (χ1n) is 15.4. The van der Waals surface area contributed by atoms with Crippen LogP contribution in [0.1, 0.15) is 57.5 Å². The molecule has 0 saturated carbocycles. The van der Waals surface area contributed by atoms with Gasteiger partial charge in [-0.05, 0) is 64.3 Å². The molecule has 10 nitrogen and oxygen atoms in total. The van der Waals surface area contributed by atoms with Gasteiger partial charge >= 0.3 is 18.2 Å². The fraction of sp³-hybridized carbons (Fsp3) is 0.333. The largest absolute Gasteiger partial charge is 0.465 e. The Kier molecular flexibility index (Phi) is 9.63. The number of nitrogens with zero attached hydrogens (tertiary/aromatic N) is 2. The molecule has 1 aromatic heterocycles. The van der Waals surface area contributed by atoms with Crippen LogP contribution >= 0.6 is 11.6 Å². The molecule has 0 spiro atoms. The van der Waals surface area contributed by atoms with Crippen molar-refractivity contribution in [2.24, 2.45) is 0 Å². The number of carbonyl (C=O) groups is 3. The minimum Gasteiger partial charge on any atom is -0.465 e. The van der Waals surface area contributed by atoms with Gasteiger partial charge in [-0.25, -0.2) is 9.59 Å². The number of ether oxygens (including phenoxy) is 3. The van der Waals surface area contributed by atoms with Crippen molar-refractivity contribution < 1.29 is 33.1 Å². The number of amides is 2. The number of anilines is 1. The van der Waals surface area contributed by atoms with Gasteiger partial charge in [0.05, 0.1) is 6.61 Å². The van der Waals surface area contributed by atoms with E-state index in [-0.39, 0.29) is 25.7 Å². The second-order valence-corrected chi connectivity index (χ2v) is 12.9. The van der Waals surface area contributed by atoms with Gasteiger partial charge in [0.2, 0.25) is 0 Å². The molecule has 0 bridgehead atoms. The van der Waals surface area contributed by atoms with E-state index in [1.165, 1.54) is 4.90 Å². The molecule has 1 N–H and O–H groups in total. The van der Waals surface area contributed by atoms with Gasteiger partial charge in [-0.15, -0.1) is 0 Å². The molecule has 2 heterocycles. The summed E-state index contributed by atoms with van der Waals surface area (Å²) < 4.78 is 22.0. The first-order valence-corrected chi connectivity index (χ1v) is 15.7. The number of hydrogen-bond donors (Lipinski definition) is 1. The lowest BCUT2D eigenvalue weighted by molar-refractivity contribution is -0.157. The van der Waals surface area contributed by atoms with E-state index in [1.54, 1.807) is 53.7 Å². The summed E-state index contributed by atoms with van der Waals surface area (Å²) in [7, 11) is 0. The van der Waals surface area contributed by atoms with Gasteiger partial charge in [-0.3, -0.25) is 10.1 Å². The van der Waals surface area contributed by atoms with Gasteiger partial charge in [0, 0.05) is 29.2 Å². The first kappa shape index (κ1) is 33.5. The molecule has 47 heavy (non-hydrogen) atoms. The summed E-state index contributed by atoms with van der Waals surface area (Å²) in [6.07, 6.45) is -1.70. The molecule has 246 valence electrons. The van der Waals surface area contributed by atoms with Crippen molar-refractivity contribution >= 4 is 35.4 Å². The maximum atomic E-state index is 13.1. The molecule has 11 heteroatoms. The molecule has 2 amide bonds. The van der Waals surface area contributed by atoms with E-state index in [1.807, 2.05) is 60.7 Å². The molecule has 1 atom stereocenters. The highest BCUT2D eigenvalue weighted by Gasteiger charge is 2.54. The van der Waals surface area contributed by atoms with Gasteiger partial charge in [-0.2, -0.15) is 0 Å². The van der Waals surface area contributed by atoms with Crippen LogP contribution in [0.25, 0.3) is 22.5 Å². The van der Waals surface area contributed by atoms with Gasteiger partial charge < -0.3 is 23.6 Å². The van der Waals surface area contributed by atoms with Crippen LogP contribution in [0.2, 0.25) is 5.02 Å². The second kappa shape index (κ2) is 13.5. The topological polar surface area (TPSA) is 120 Å². The molecule has 5 rings (SSSR count). The van der Waals surface area contributed by atoms with Crippen molar-refractivity contribution in [1.29, 1.82) is 0 Å². The predicted molar refractivity (Wildman–Crippen MR) is 178 cm³/mol. The van der Waals surface area contributed by atoms with E-state index >= 15 is 0 Å². The lowest BCUT2D eigenvalue weighted by Crippen LogP contribution is -2.66. The number of hydrogen-bond acceptors (Lipinski definition) is 8. The van der Waals surface area contributed by atoms with Gasteiger partial charge in [0.25, 0.3) is 0 Å². The number of rotatable bonds is 8. The Labute approximate surface area is 278 Å². The van der Waals surface area contributed by atoms with Crippen LogP contribution in [-0.2, 0) is 24.4 Å². The zero-order valence-corrected chi connectivity index (χ0v) is 28.0. The van der Waals surface area contributed by atoms with Crippen molar-refractivity contribution in [3.8, 4) is 22.5 Å². The molecule has 1 fully saturated rings. The van der Waals surface area contributed by atoms with Crippen LogP contribution in [0.3, 0.4) is 0 Å². The molecule has 1 aliphatic heterocycles. The monoisotopic (exact) mass is 659 g/mol. The molecule has 1 aliphatic rings. The summed E-state index contributed by atoms with van der Waals surface area (Å²) in [5.41, 5.74) is 3.32. The Hall–Kier alpha value is -4.83. The van der Waals surface area contributed by atoms with Crippen LogP contribution in [0.5, 0.6) is 0 Å². The maximum Gasteiger partial charge on any atom is 0.412 e. The van der Waals surface area contributed by atoms with Crippen LogP contribution in [-0.4, -0.2) is 53.5 Å². The summed E-state index contributed by atoms with van der Waals surface area (Å²) in [5.74, 6) is 0.0218. The van der Waals surface area contributed by atoms with E-state index < -0.39 is 29.3 Å². The highest BCUT2D eigenvalue weighted by Crippen LogP contribution is 2.39. The molecule has 0 radical (unpaired) electrons. The van der Waals surface area contributed by atoms with Crippen molar-refractivity contribution in [2.45, 2.75) is 58.7 Å². The summed E-state index contributed by atoms with van der Waals surface area (Å²) in [5, 5.41) is 7.32. The van der Waals surface area contributed by atoms with Gasteiger partial charge in [-0.1, -0.05) is 83.5 Å². The summed E-state index contributed by atoms with van der Waals surface area (Å²) in [6.45, 7) is 11.2. The van der Waals surface area contributed by atoms with Crippen LogP contribution in [0, 0.1) is 6.92 Å². The van der Waals surface area contributed by atoms with Crippen molar-refractivity contribution in [3.63, 3.8) is 0 Å². The highest BCUT2D eigenvalue weighted by molar-refractivity contribution is 6.31. The zero-order chi connectivity index (χ0) is 33.9. The Morgan fingerprint density at radius 3 is 2.17 bits per heavy atom. The predicted octanol–water partition coefficient (Wildman–Crippen LogP) is 8.33. The highest BCUT2D eigenvalue weighted by atomic mass is 35.5. The molecule has 1 saturated heterocycles.